The first-order valence-electron chi connectivity index (χ1n) is 10.5. The van der Waals surface area contributed by atoms with Crippen molar-refractivity contribution in [2.75, 3.05) is 45.7 Å². The van der Waals surface area contributed by atoms with Gasteiger partial charge in [-0.3, -0.25) is 5.41 Å². The maximum absolute atomic E-state index is 7.64. The summed E-state index contributed by atoms with van der Waals surface area (Å²) in [5.74, 6) is 1.94. The van der Waals surface area contributed by atoms with Crippen LogP contribution >= 0.6 is 24.8 Å². The molecule has 0 aromatic heterocycles. The fourth-order valence-electron chi connectivity index (χ4n) is 3.19. The molecule has 0 atom stereocenters. The number of nitrogens with one attached hydrogen (secondary N) is 2. The van der Waals surface area contributed by atoms with Crippen molar-refractivity contribution in [2.24, 2.45) is 32.2 Å². The van der Waals surface area contributed by atoms with E-state index >= 15 is 0 Å². The molecule has 36 heavy (non-hydrogen) atoms. The summed E-state index contributed by atoms with van der Waals surface area (Å²) in [6.07, 6.45) is 0. The third-order valence-electron chi connectivity index (χ3n) is 5.02. The average molecular weight is 539 g/mol. The summed E-state index contributed by atoms with van der Waals surface area (Å²) >= 11 is 0. The zero-order chi connectivity index (χ0) is 24.5. The molecule has 0 saturated carbocycles. The summed E-state index contributed by atoms with van der Waals surface area (Å²) in [7, 11) is 3.20. The van der Waals surface area contributed by atoms with E-state index in [9.17, 15) is 0 Å². The maximum atomic E-state index is 7.64. The first-order valence-corrected chi connectivity index (χ1v) is 10.5. The normalized spacial score (nSPS) is 14.3. The molecule has 0 aliphatic carbocycles. The minimum absolute atomic E-state index is 0. The van der Waals surface area contributed by atoms with E-state index in [1.165, 1.54) is 0 Å². The second-order valence-corrected chi connectivity index (χ2v) is 7.29. The molecular weight excluding hydrogens is 507 g/mol. The Labute approximate surface area is 222 Å². The molecule has 1 heterocycles. The second-order valence-electron chi connectivity index (χ2n) is 7.29. The number of rotatable bonds is 4. The minimum atomic E-state index is 0. The van der Waals surface area contributed by atoms with Crippen LogP contribution in [0.3, 0.4) is 0 Å². The molecule has 8 N–H and O–H groups in total. The molecule has 14 heteroatoms. The molecule has 0 radical (unpaired) electrons. The van der Waals surface area contributed by atoms with Gasteiger partial charge in [0.25, 0.3) is 0 Å². The molecule has 1 aliphatic rings. The molecular formula is C22H32Cl2N10O2. The van der Waals surface area contributed by atoms with Gasteiger partial charge >= 0.3 is 0 Å². The zero-order valence-electron chi connectivity index (χ0n) is 20.0. The van der Waals surface area contributed by atoms with Crippen LogP contribution in [0.5, 0.6) is 11.5 Å². The largest absolute Gasteiger partial charge is 0.497 e. The molecule has 1 saturated heterocycles. The van der Waals surface area contributed by atoms with Crippen molar-refractivity contribution < 1.29 is 9.47 Å². The third kappa shape index (κ3) is 8.71. The third-order valence-corrected chi connectivity index (χ3v) is 5.02. The van der Waals surface area contributed by atoms with E-state index in [0.717, 1.165) is 11.4 Å². The van der Waals surface area contributed by atoms with Crippen LogP contribution in [0.4, 0.5) is 11.4 Å². The Kier molecular flexibility index (Phi) is 12.1. The van der Waals surface area contributed by atoms with Crippen molar-refractivity contribution in [3.8, 4) is 11.5 Å². The molecule has 12 nitrogen and oxygen atoms in total. The monoisotopic (exact) mass is 538 g/mol. The van der Waals surface area contributed by atoms with Crippen molar-refractivity contribution >= 4 is 60.0 Å². The summed E-state index contributed by atoms with van der Waals surface area (Å²) in [6.45, 7) is 2.16. The van der Waals surface area contributed by atoms with Crippen molar-refractivity contribution in [3.05, 3.63) is 48.5 Å². The maximum Gasteiger partial charge on any atom is 0.232 e. The Bertz CT molecular complexity index is 1070. The van der Waals surface area contributed by atoms with E-state index in [4.69, 9.17) is 32.1 Å². The number of guanidine groups is 4. The molecule has 1 aliphatic heterocycles. The first kappa shape index (κ1) is 30.1. The molecule has 2 aromatic rings. The van der Waals surface area contributed by atoms with E-state index in [1.807, 2.05) is 29.2 Å². The van der Waals surface area contributed by atoms with Gasteiger partial charge in [-0.05, 0) is 48.5 Å². The van der Waals surface area contributed by atoms with E-state index in [2.05, 4.69) is 20.3 Å². The molecule has 196 valence electrons. The number of nitrogens with two attached hydrogens (primary N) is 3. The van der Waals surface area contributed by atoms with Gasteiger partial charge in [0, 0.05) is 31.9 Å². The van der Waals surface area contributed by atoms with Crippen LogP contribution < -0.4 is 32.0 Å². The number of ether oxygens (including phenoxy) is 2. The summed E-state index contributed by atoms with van der Waals surface area (Å²) in [6, 6.07) is 14.4. The highest BCUT2D eigenvalue weighted by molar-refractivity contribution is 6.04. The summed E-state index contributed by atoms with van der Waals surface area (Å²) in [5.41, 5.74) is 19.2. The van der Waals surface area contributed by atoms with Crippen molar-refractivity contribution in [3.63, 3.8) is 0 Å². The lowest BCUT2D eigenvalue weighted by atomic mass is 10.3. The Morgan fingerprint density at radius 2 is 1.31 bits per heavy atom. The number of hydrogen-bond donors (Lipinski definition) is 5. The number of methoxy groups -OCH3 is 2. The van der Waals surface area contributed by atoms with Crippen LogP contribution in [0.25, 0.3) is 0 Å². The van der Waals surface area contributed by atoms with E-state index in [0.29, 0.717) is 43.6 Å². The van der Waals surface area contributed by atoms with Gasteiger partial charge in [0.2, 0.25) is 17.9 Å². The van der Waals surface area contributed by atoms with E-state index in [1.54, 1.807) is 43.4 Å². The number of hydrogen-bond acceptors (Lipinski definition) is 4. The number of piperazine rings is 1. The molecule has 0 amide bonds. The predicted molar refractivity (Wildman–Crippen MR) is 150 cm³/mol. The first-order chi connectivity index (χ1) is 16.4. The van der Waals surface area contributed by atoms with Gasteiger partial charge < -0.3 is 41.8 Å². The number of anilines is 1. The van der Waals surface area contributed by atoms with Gasteiger partial charge in [0.05, 0.1) is 19.9 Å². The number of benzene rings is 2. The second kappa shape index (κ2) is 14.5. The van der Waals surface area contributed by atoms with Gasteiger partial charge in [-0.15, -0.1) is 24.8 Å². The molecule has 0 spiro atoms. The van der Waals surface area contributed by atoms with Gasteiger partial charge in [0.1, 0.15) is 11.5 Å². The zero-order valence-corrected chi connectivity index (χ0v) is 21.7. The van der Waals surface area contributed by atoms with Crippen molar-refractivity contribution in [1.82, 2.24) is 9.80 Å². The van der Waals surface area contributed by atoms with Gasteiger partial charge in [-0.25, -0.2) is 4.99 Å². The summed E-state index contributed by atoms with van der Waals surface area (Å²) < 4.78 is 10.3. The summed E-state index contributed by atoms with van der Waals surface area (Å²) in [5, 5.41) is 10.7. The number of nitrogens with zero attached hydrogens (tertiary/aromatic N) is 5. The Balaban J connectivity index is 0.00000324. The van der Waals surface area contributed by atoms with Crippen LogP contribution in [-0.4, -0.2) is 74.0 Å². The molecule has 2 aromatic carbocycles. The highest BCUT2D eigenvalue weighted by atomic mass is 35.5. The predicted octanol–water partition coefficient (Wildman–Crippen LogP) is 1.79. The highest BCUT2D eigenvalue weighted by Crippen LogP contribution is 2.18. The fourth-order valence-corrected chi connectivity index (χ4v) is 3.19. The molecule has 1 fully saturated rings. The lowest BCUT2D eigenvalue weighted by Gasteiger charge is -2.35. The molecule has 0 bridgehead atoms. The van der Waals surface area contributed by atoms with Crippen LogP contribution in [0, 0.1) is 5.41 Å². The molecule has 3 rings (SSSR count). The van der Waals surface area contributed by atoms with Gasteiger partial charge in [0.15, 0.2) is 5.96 Å². The van der Waals surface area contributed by atoms with Crippen LogP contribution in [0.2, 0.25) is 0 Å². The fraction of sp³-hybridized carbons (Fsp3) is 0.273. The Morgan fingerprint density at radius 3 is 1.81 bits per heavy atom. The standard InChI is InChI=1S/C22H30N10O2.2ClH/c1-33-17-7-3-15(4-8-17)27-20(25)29-22(32-13-11-31(12-14-32)19(23)24)30-21(26)28-16-5-9-18(34-2)10-6-16;;/h3-10H,11-14H2,1-2H3,(H3,23,24)(H5,25,26,27,28,29,30);2*1H. The van der Waals surface area contributed by atoms with E-state index in [-0.39, 0.29) is 42.7 Å². The van der Waals surface area contributed by atoms with Crippen LogP contribution in [-0.2, 0) is 0 Å². The minimum Gasteiger partial charge on any atom is -0.497 e. The van der Waals surface area contributed by atoms with Crippen molar-refractivity contribution in [2.45, 2.75) is 0 Å². The van der Waals surface area contributed by atoms with Gasteiger partial charge in [-0.2, -0.15) is 9.98 Å². The van der Waals surface area contributed by atoms with E-state index < -0.39 is 0 Å². The molecule has 0 unspecified atom stereocenters. The Hall–Kier alpha value is -3.90. The summed E-state index contributed by atoms with van der Waals surface area (Å²) in [4.78, 5) is 16.9. The van der Waals surface area contributed by atoms with Gasteiger partial charge in [-0.1, -0.05) is 0 Å². The average Bonchev–Trinajstić information content (AvgIpc) is 2.84. The smallest absolute Gasteiger partial charge is 0.232 e. The van der Waals surface area contributed by atoms with Crippen LogP contribution in [0.15, 0.2) is 63.5 Å². The topological polar surface area (TPSA) is 176 Å². The van der Waals surface area contributed by atoms with Crippen molar-refractivity contribution in [1.29, 1.82) is 5.41 Å². The SMILES string of the molecule is COc1ccc(N=C(N)/N=C(\N=C(\N)Nc2ccc(OC)cc2)N2CCN(C(=N)N)CC2)cc1.Cl.Cl. The number of halogens is 2. The lowest BCUT2D eigenvalue weighted by molar-refractivity contribution is 0.254. The highest BCUT2D eigenvalue weighted by Gasteiger charge is 2.21. The Morgan fingerprint density at radius 1 is 0.806 bits per heavy atom. The lowest BCUT2D eigenvalue weighted by Crippen LogP contribution is -2.52. The number of aliphatic imine (C=N–C) groups is 3. The quantitative estimate of drug-likeness (QED) is 0.289. The van der Waals surface area contributed by atoms with Crippen LogP contribution in [0.1, 0.15) is 0 Å².